The smallest absolute Gasteiger partial charge is 0.268 e. The van der Waals surface area contributed by atoms with E-state index < -0.39 is 0 Å². The molecule has 0 aromatic carbocycles. The molecule has 3 atom stereocenters. The van der Waals surface area contributed by atoms with Gasteiger partial charge in [0.25, 0.3) is 5.91 Å². The summed E-state index contributed by atoms with van der Waals surface area (Å²) in [4.78, 5) is 26.5. The standard InChI is InChI=1S/C19H27N3O3/c1-13(24)22-10-4-3-5-17(22)16-8-9-18(21(16)2)19(25)20-15-7-6-14(11-15)12-23/h6-9,14-15,17,23H,3-5,10-12H2,1-2H3,(H,20,25)/t14-,15+,17?/m0/s1. The van der Waals surface area contributed by atoms with E-state index in [2.05, 4.69) is 5.32 Å². The fraction of sp³-hybridized carbons (Fsp3) is 0.579. The molecule has 1 aliphatic carbocycles. The number of hydrogen-bond donors (Lipinski definition) is 2. The quantitative estimate of drug-likeness (QED) is 0.817. The van der Waals surface area contributed by atoms with Gasteiger partial charge in [0.15, 0.2) is 0 Å². The summed E-state index contributed by atoms with van der Waals surface area (Å²) in [5.74, 6) is 0.0934. The Bertz CT molecular complexity index is 679. The van der Waals surface area contributed by atoms with Gasteiger partial charge in [0.1, 0.15) is 5.69 Å². The van der Waals surface area contributed by atoms with E-state index in [1.54, 1.807) is 6.92 Å². The lowest BCUT2D eigenvalue weighted by Gasteiger charge is -2.35. The predicted octanol–water partition coefficient (Wildman–Crippen LogP) is 1.77. The number of carbonyl (C=O) groups is 2. The Labute approximate surface area is 148 Å². The van der Waals surface area contributed by atoms with Gasteiger partial charge in [-0.1, -0.05) is 12.2 Å². The first-order valence-electron chi connectivity index (χ1n) is 9.04. The number of hydrogen-bond acceptors (Lipinski definition) is 3. The van der Waals surface area contributed by atoms with Crippen LogP contribution in [-0.2, 0) is 11.8 Å². The Morgan fingerprint density at radius 3 is 2.76 bits per heavy atom. The van der Waals surface area contributed by atoms with Crippen molar-refractivity contribution >= 4 is 11.8 Å². The Morgan fingerprint density at radius 1 is 1.28 bits per heavy atom. The maximum Gasteiger partial charge on any atom is 0.268 e. The number of carbonyl (C=O) groups excluding carboxylic acids is 2. The molecule has 2 heterocycles. The lowest BCUT2D eigenvalue weighted by atomic mass is 9.99. The van der Waals surface area contributed by atoms with Gasteiger partial charge in [-0.15, -0.1) is 0 Å². The van der Waals surface area contributed by atoms with Gasteiger partial charge in [-0.25, -0.2) is 0 Å². The molecule has 0 bridgehead atoms. The Hall–Kier alpha value is -2.08. The highest BCUT2D eigenvalue weighted by Gasteiger charge is 2.29. The van der Waals surface area contributed by atoms with Gasteiger partial charge in [0.05, 0.1) is 6.04 Å². The third-order valence-corrected chi connectivity index (χ3v) is 5.37. The van der Waals surface area contributed by atoms with Crippen LogP contribution in [0.5, 0.6) is 0 Å². The van der Waals surface area contributed by atoms with Gasteiger partial charge >= 0.3 is 0 Å². The van der Waals surface area contributed by atoms with Crippen molar-refractivity contribution in [1.82, 2.24) is 14.8 Å². The number of aromatic nitrogens is 1. The summed E-state index contributed by atoms with van der Waals surface area (Å²) in [7, 11) is 1.89. The van der Waals surface area contributed by atoms with Gasteiger partial charge < -0.3 is 19.9 Å². The first kappa shape index (κ1) is 17.7. The van der Waals surface area contributed by atoms with E-state index in [0.29, 0.717) is 5.69 Å². The molecule has 1 aromatic heterocycles. The minimum absolute atomic E-state index is 0.0357. The second kappa shape index (κ2) is 7.44. The van der Waals surface area contributed by atoms with Crippen molar-refractivity contribution in [1.29, 1.82) is 0 Å². The molecule has 3 rings (SSSR count). The number of aliphatic hydroxyl groups excluding tert-OH is 1. The average molecular weight is 345 g/mol. The lowest BCUT2D eigenvalue weighted by molar-refractivity contribution is -0.132. The zero-order chi connectivity index (χ0) is 18.0. The summed E-state index contributed by atoms with van der Waals surface area (Å²) in [5, 5.41) is 12.2. The summed E-state index contributed by atoms with van der Waals surface area (Å²) in [6.45, 7) is 2.50. The molecule has 6 nitrogen and oxygen atoms in total. The molecule has 1 aliphatic heterocycles. The molecule has 1 unspecified atom stereocenters. The van der Waals surface area contributed by atoms with Crippen molar-refractivity contribution < 1.29 is 14.7 Å². The summed E-state index contributed by atoms with van der Waals surface area (Å²) >= 11 is 0. The van der Waals surface area contributed by atoms with Crippen LogP contribution >= 0.6 is 0 Å². The number of likely N-dealkylation sites (tertiary alicyclic amines) is 1. The number of rotatable bonds is 4. The van der Waals surface area contributed by atoms with Crippen LogP contribution in [0, 0.1) is 5.92 Å². The van der Waals surface area contributed by atoms with Crippen molar-refractivity contribution in [3.63, 3.8) is 0 Å². The van der Waals surface area contributed by atoms with Crippen LogP contribution in [-0.4, -0.2) is 45.6 Å². The van der Waals surface area contributed by atoms with E-state index in [9.17, 15) is 14.7 Å². The molecule has 1 aromatic rings. The van der Waals surface area contributed by atoms with Crippen molar-refractivity contribution in [3.05, 3.63) is 35.7 Å². The first-order chi connectivity index (χ1) is 12.0. The molecule has 2 aliphatic rings. The monoisotopic (exact) mass is 345 g/mol. The van der Waals surface area contributed by atoms with Crippen molar-refractivity contribution in [2.45, 2.75) is 44.7 Å². The van der Waals surface area contributed by atoms with Crippen LogP contribution in [0.4, 0.5) is 0 Å². The van der Waals surface area contributed by atoms with Gasteiger partial charge in [0, 0.05) is 44.8 Å². The van der Waals surface area contributed by atoms with E-state index in [0.717, 1.165) is 37.9 Å². The number of nitrogens with one attached hydrogen (secondary N) is 1. The number of nitrogens with zero attached hydrogens (tertiary/aromatic N) is 2. The fourth-order valence-electron chi connectivity index (χ4n) is 3.96. The Morgan fingerprint density at radius 2 is 2.08 bits per heavy atom. The van der Waals surface area contributed by atoms with Crippen LogP contribution in [0.15, 0.2) is 24.3 Å². The van der Waals surface area contributed by atoms with Gasteiger partial charge in [-0.2, -0.15) is 0 Å². The van der Waals surface area contributed by atoms with E-state index in [4.69, 9.17) is 0 Å². The highest BCUT2D eigenvalue weighted by Crippen LogP contribution is 2.31. The summed E-state index contributed by atoms with van der Waals surface area (Å²) in [6.07, 6.45) is 7.70. The molecule has 0 spiro atoms. The minimum Gasteiger partial charge on any atom is -0.396 e. The van der Waals surface area contributed by atoms with Crippen LogP contribution < -0.4 is 5.32 Å². The van der Waals surface area contributed by atoms with Crippen LogP contribution in [0.25, 0.3) is 0 Å². The molecular weight excluding hydrogens is 318 g/mol. The summed E-state index contributed by atoms with van der Waals surface area (Å²) in [5.41, 5.74) is 1.61. The zero-order valence-electron chi connectivity index (χ0n) is 14.9. The molecule has 2 N–H and O–H groups in total. The summed E-state index contributed by atoms with van der Waals surface area (Å²) < 4.78 is 1.91. The van der Waals surface area contributed by atoms with Gasteiger partial charge in [-0.05, 0) is 37.8 Å². The normalized spacial score (nSPS) is 26.0. The largest absolute Gasteiger partial charge is 0.396 e. The predicted molar refractivity (Wildman–Crippen MR) is 95.0 cm³/mol. The minimum atomic E-state index is -0.118. The topological polar surface area (TPSA) is 74.6 Å². The van der Waals surface area contributed by atoms with E-state index in [1.165, 1.54) is 0 Å². The van der Waals surface area contributed by atoms with Crippen LogP contribution in [0.1, 0.15) is 54.8 Å². The van der Waals surface area contributed by atoms with Gasteiger partial charge in [0.2, 0.25) is 5.91 Å². The Kier molecular flexibility index (Phi) is 5.27. The fourth-order valence-corrected chi connectivity index (χ4v) is 3.96. The van der Waals surface area contributed by atoms with Crippen LogP contribution in [0.3, 0.4) is 0 Å². The molecule has 0 radical (unpaired) electrons. The third-order valence-electron chi connectivity index (χ3n) is 5.37. The highest BCUT2D eigenvalue weighted by molar-refractivity contribution is 5.93. The van der Waals surface area contributed by atoms with E-state index in [-0.39, 0.29) is 36.4 Å². The number of amides is 2. The number of aliphatic hydroxyl groups is 1. The third kappa shape index (κ3) is 3.63. The SMILES string of the molecule is CC(=O)N1CCCCC1c1ccc(C(=O)N[C@@H]2C=C[C@H](CO)C2)n1C. The molecule has 1 saturated heterocycles. The van der Waals surface area contributed by atoms with Gasteiger partial charge in [-0.3, -0.25) is 9.59 Å². The lowest BCUT2D eigenvalue weighted by Crippen LogP contribution is -2.38. The first-order valence-corrected chi connectivity index (χ1v) is 9.04. The van der Waals surface area contributed by atoms with E-state index >= 15 is 0 Å². The molecular formula is C19H27N3O3. The second-order valence-electron chi connectivity index (χ2n) is 7.07. The average Bonchev–Trinajstić information content (AvgIpc) is 3.21. The molecule has 6 heteroatoms. The molecule has 1 fully saturated rings. The van der Waals surface area contributed by atoms with E-state index in [1.807, 2.05) is 40.8 Å². The zero-order valence-corrected chi connectivity index (χ0v) is 14.9. The van der Waals surface area contributed by atoms with Crippen molar-refractivity contribution in [2.24, 2.45) is 13.0 Å². The van der Waals surface area contributed by atoms with Crippen molar-refractivity contribution in [2.75, 3.05) is 13.2 Å². The number of piperidine rings is 1. The second-order valence-corrected chi connectivity index (χ2v) is 7.07. The van der Waals surface area contributed by atoms with Crippen LogP contribution in [0.2, 0.25) is 0 Å². The maximum atomic E-state index is 12.6. The highest BCUT2D eigenvalue weighted by atomic mass is 16.3. The summed E-state index contributed by atoms with van der Waals surface area (Å²) in [6, 6.07) is 3.80. The molecule has 0 saturated carbocycles. The molecule has 136 valence electrons. The van der Waals surface area contributed by atoms with Crippen molar-refractivity contribution in [3.8, 4) is 0 Å². The maximum absolute atomic E-state index is 12.6. The molecule has 25 heavy (non-hydrogen) atoms. The Balaban J connectivity index is 1.73. The molecule has 2 amide bonds.